The first-order chi connectivity index (χ1) is 10.4. The van der Waals surface area contributed by atoms with Crippen LogP contribution in [0.4, 0.5) is 0 Å². The van der Waals surface area contributed by atoms with Gasteiger partial charge >= 0.3 is 0 Å². The fourth-order valence-corrected chi connectivity index (χ4v) is 4.41. The van der Waals surface area contributed by atoms with E-state index in [1.54, 1.807) is 34.4 Å². The summed E-state index contributed by atoms with van der Waals surface area (Å²) in [6, 6.07) is 12.1. The first-order valence-electron chi connectivity index (χ1n) is 6.23. The molecular weight excluding hydrogens is 322 g/mol. The minimum absolute atomic E-state index is 0.627. The summed E-state index contributed by atoms with van der Waals surface area (Å²) >= 11 is 4.91. The van der Waals surface area contributed by atoms with Crippen LogP contribution in [0.2, 0.25) is 0 Å². The van der Waals surface area contributed by atoms with Crippen molar-refractivity contribution in [3.8, 4) is 10.7 Å². The third kappa shape index (κ3) is 2.72. The monoisotopic (exact) mass is 331 g/mol. The standard InChI is InChI=1S/C14H9N3OS3/c1-2-5-10-9(4-1)15-14(21-10)20-8-12-16-13(17-18-12)11-6-3-7-19-11/h1-7H,8H2. The van der Waals surface area contributed by atoms with Crippen molar-refractivity contribution >= 4 is 44.7 Å². The van der Waals surface area contributed by atoms with E-state index in [1.165, 1.54) is 4.70 Å². The van der Waals surface area contributed by atoms with Crippen molar-refractivity contribution in [1.29, 1.82) is 0 Å². The van der Waals surface area contributed by atoms with Gasteiger partial charge in [-0.1, -0.05) is 35.1 Å². The number of benzene rings is 1. The molecule has 0 bridgehead atoms. The van der Waals surface area contributed by atoms with Crippen LogP contribution in [0.3, 0.4) is 0 Å². The third-order valence-corrected chi connectivity index (χ3v) is 5.83. The minimum atomic E-state index is 0.627. The molecule has 0 radical (unpaired) electrons. The maximum Gasteiger partial charge on any atom is 0.237 e. The number of hydrogen-bond donors (Lipinski definition) is 0. The fraction of sp³-hybridized carbons (Fsp3) is 0.0714. The van der Waals surface area contributed by atoms with Crippen LogP contribution >= 0.6 is 34.4 Å². The van der Waals surface area contributed by atoms with Crippen LogP contribution in [-0.4, -0.2) is 15.1 Å². The number of thiazole rings is 1. The Labute approximate surface area is 132 Å². The molecule has 0 unspecified atom stereocenters. The van der Waals surface area contributed by atoms with E-state index < -0.39 is 0 Å². The highest BCUT2D eigenvalue weighted by atomic mass is 32.2. The van der Waals surface area contributed by atoms with Crippen molar-refractivity contribution in [3.63, 3.8) is 0 Å². The normalized spacial score (nSPS) is 11.2. The summed E-state index contributed by atoms with van der Waals surface area (Å²) < 4.78 is 7.51. The smallest absolute Gasteiger partial charge is 0.237 e. The molecule has 0 N–H and O–H groups in total. The van der Waals surface area contributed by atoms with Crippen LogP contribution in [0.1, 0.15) is 5.89 Å². The van der Waals surface area contributed by atoms with Crippen LogP contribution in [0.15, 0.2) is 50.6 Å². The number of hydrogen-bond acceptors (Lipinski definition) is 7. The van der Waals surface area contributed by atoms with Gasteiger partial charge in [-0.2, -0.15) is 4.98 Å². The van der Waals surface area contributed by atoms with E-state index in [2.05, 4.69) is 21.2 Å². The molecule has 3 aromatic heterocycles. The Morgan fingerprint density at radius 3 is 2.90 bits per heavy atom. The molecular formula is C14H9N3OS3. The second kappa shape index (κ2) is 5.59. The van der Waals surface area contributed by atoms with Crippen LogP contribution in [0.25, 0.3) is 20.9 Å². The van der Waals surface area contributed by atoms with Crippen molar-refractivity contribution < 1.29 is 4.52 Å². The Balaban J connectivity index is 1.49. The van der Waals surface area contributed by atoms with Gasteiger partial charge in [0.25, 0.3) is 0 Å². The summed E-state index contributed by atoms with van der Waals surface area (Å²) in [5.41, 5.74) is 1.04. The van der Waals surface area contributed by atoms with Gasteiger partial charge in [-0.15, -0.1) is 22.7 Å². The average Bonchev–Trinajstić information content (AvgIpc) is 3.23. The van der Waals surface area contributed by atoms with E-state index in [4.69, 9.17) is 4.52 Å². The van der Waals surface area contributed by atoms with Gasteiger partial charge in [0.1, 0.15) is 0 Å². The highest BCUT2D eigenvalue weighted by Crippen LogP contribution is 2.31. The summed E-state index contributed by atoms with van der Waals surface area (Å²) in [7, 11) is 0. The fourth-order valence-electron chi connectivity index (χ4n) is 1.86. The molecule has 0 atom stereocenters. The van der Waals surface area contributed by atoms with Gasteiger partial charge in [0.2, 0.25) is 11.7 Å². The van der Waals surface area contributed by atoms with Gasteiger partial charge in [0, 0.05) is 0 Å². The molecule has 0 aliphatic carbocycles. The van der Waals surface area contributed by atoms with E-state index in [0.29, 0.717) is 17.5 Å². The molecule has 0 aliphatic rings. The number of fused-ring (bicyclic) bond motifs is 1. The molecule has 3 heterocycles. The lowest BCUT2D eigenvalue weighted by atomic mass is 10.3. The highest BCUT2D eigenvalue weighted by Gasteiger charge is 2.11. The third-order valence-electron chi connectivity index (χ3n) is 2.80. The zero-order valence-corrected chi connectivity index (χ0v) is 13.2. The maximum atomic E-state index is 5.29. The Bertz CT molecular complexity index is 834. The van der Waals surface area contributed by atoms with Crippen LogP contribution < -0.4 is 0 Å². The predicted octanol–water partition coefficient (Wildman–Crippen LogP) is 4.70. The van der Waals surface area contributed by atoms with E-state index >= 15 is 0 Å². The molecule has 104 valence electrons. The zero-order chi connectivity index (χ0) is 14.1. The molecule has 4 rings (SSSR count). The summed E-state index contributed by atoms with van der Waals surface area (Å²) in [6.07, 6.45) is 0. The summed E-state index contributed by atoms with van der Waals surface area (Å²) in [5, 5.41) is 6.01. The van der Waals surface area contributed by atoms with Gasteiger partial charge in [-0.3, -0.25) is 0 Å². The summed E-state index contributed by atoms with van der Waals surface area (Å²) in [5.74, 6) is 1.92. The number of nitrogens with zero attached hydrogens (tertiary/aromatic N) is 3. The molecule has 7 heteroatoms. The van der Waals surface area contributed by atoms with Gasteiger partial charge < -0.3 is 4.52 Å². The quantitative estimate of drug-likeness (QED) is 0.507. The molecule has 0 aliphatic heterocycles. The van der Waals surface area contributed by atoms with Crippen LogP contribution in [-0.2, 0) is 5.75 Å². The SMILES string of the molecule is c1csc(-c2noc(CSc3nc4ccccc4s3)n2)c1. The van der Waals surface area contributed by atoms with Gasteiger partial charge in [0.15, 0.2) is 4.34 Å². The maximum absolute atomic E-state index is 5.29. The lowest BCUT2D eigenvalue weighted by molar-refractivity contribution is 0.392. The Morgan fingerprint density at radius 2 is 2.05 bits per heavy atom. The zero-order valence-electron chi connectivity index (χ0n) is 10.7. The largest absolute Gasteiger partial charge is 0.338 e. The Morgan fingerprint density at radius 1 is 1.10 bits per heavy atom. The molecule has 0 amide bonds. The first kappa shape index (κ1) is 13.0. The van der Waals surface area contributed by atoms with Gasteiger partial charge in [-0.25, -0.2) is 4.98 Å². The molecule has 0 saturated heterocycles. The molecule has 21 heavy (non-hydrogen) atoms. The number of para-hydroxylation sites is 1. The molecule has 4 aromatic rings. The number of thioether (sulfide) groups is 1. The van der Waals surface area contributed by atoms with Gasteiger partial charge in [-0.05, 0) is 23.6 Å². The predicted molar refractivity (Wildman–Crippen MR) is 86.8 cm³/mol. The molecule has 0 spiro atoms. The van der Waals surface area contributed by atoms with E-state index in [9.17, 15) is 0 Å². The summed E-state index contributed by atoms with van der Waals surface area (Å²) in [6.45, 7) is 0. The first-order valence-corrected chi connectivity index (χ1v) is 8.91. The van der Waals surface area contributed by atoms with E-state index in [0.717, 1.165) is 14.7 Å². The van der Waals surface area contributed by atoms with Crippen molar-refractivity contribution in [2.45, 2.75) is 10.1 Å². The second-order valence-electron chi connectivity index (χ2n) is 4.23. The van der Waals surface area contributed by atoms with Crippen LogP contribution in [0, 0.1) is 0 Å². The second-order valence-corrected chi connectivity index (χ2v) is 7.43. The van der Waals surface area contributed by atoms with Crippen molar-refractivity contribution in [1.82, 2.24) is 15.1 Å². The lowest BCUT2D eigenvalue weighted by Crippen LogP contribution is -1.80. The Kier molecular flexibility index (Phi) is 3.46. The van der Waals surface area contributed by atoms with Gasteiger partial charge in [0.05, 0.1) is 20.8 Å². The topological polar surface area (TPSA) is 51.8 Å². The average molecular weight is 331 g/mol. The minimum Gasteiger partial charge on any atom is -0.338 e. The number of rotatable bonds is 4. The molecule has 4 nitrogen and oxygen atoms in total. The molecule has 1 aromatic carbocycles. The summed E-state index contributed by atoms with van der Waals surface area (Å²) in [4.78, 5) is 10.0. The highest BCUT2D eigenvalue weighted by molar-refractivity contribution is 8.00. The molecule has 0 fully saturated rings. The molecule has 0 saturated carbocycles. The van der Waals surface area contributed by atoms with E-state index in [-0.39, 0.29) is 0 Å². The van der Waals surface area contributed by atoms with Crippen molar-refractivity contribution in [3.05, 3.63) is 47.7 Å². The lowest BCUT2D eigenvalue weighted by Gasteiger charge is -1.90. The number of aromatic nitrogens is 3. The Hall–Kier alpha value is -1.70. The van der Waals surface area contributed by atoms with Crippen molar-refractivity contribution in [2.75, 3.05) is 0 Å². The van der Waals surface area contributed by atoms with Crippen molar-refractivity contribution in [2.24, 2.45) is 0 Å². The number of thiophene rings is 1. The van der Waals surface area contributed by atoms with E-state index in [1.807, 2.05) is 35.7 Å². The van der Waals surface area contributed by atoms with Crippen LogP contribution in [0.5, 0.6) is 0 Å².